The summed E-state index contributed by atoms with van der Waals surface area (Å²) in [4.78, 5) is 0. The van der Waals surface area contributed by atoms with Crippen molar-refractivity contribution in [3.63, 3.8) is 0 Å². The van der Waals surface area contributed by atoms with Crippen molar-refractivity contribution in [2.24, 2.45) is 0 Å². The molecule has 1 aliphatic rings. The van der Waals surface area contributed by atoms with E-state index in [-0.39, 0.29) is 59.5 Å². The molecule has 4 aromatic rings. The van der Waals surface area contributed by atoms with Gasteiger partial charge in [-0.15, -0.1) is 0 Å². The highest BCUT2D eigenvalue weighted by Crippen LogP contribution is 2.45. The van der Waals surface area contributed by atoms with Crippen LogP contribution in [0.15, 0.2) is 24.3 Å². The first-order chi connectivity index (χ1) is 21.2. The molecule has 0 radical (unpaired) electrons. The molecule has 6 heteroatoms. The van der Waals surface area contributed by atoms with Gasteiger partial charge < -0.3 is 20.4 Å². The second-order valence-corrected chi connectivity index (χ2v) is 16.0. The maximum absolute atomic E-state index is 11.9. The third-order valence-corrected chi connectivity index (χ3v) is 11.1. The molecule has 0 aliphatic heterocycles. The van der Waals surface area contributed by atoms with Gasteiger partial charge >= 0.3 is 0 Å². The lowest BCUT2D eigenvalue weighted by Crippen LogP contribution is -2.14. The Morgan fingerprint density at radius 2 is 0.652 bits per heavy atom. The third-order valence-electron chi connectivity index (χ3n) is 10.0. The van der Waals surface area contributed by atoms with E-state index in [9.17, 15) is 20.4 Å². The fraction of sp³-hybridized carbons (Fsp3) is 0.400. The Labute approximate surface area is 283 Å². The molecule has 0 saturated heterocycles. The Balaban J connectivity index is 1.92. The van der Waals surface area contributed by atoms with Crippen LogP contribution in [0.4, 0.5) is 0 Å². The number of benzene rings is 4. The molecule has 0 unspecified atom stereocenters. The van der Waals surface area contributed by atoms with Gasteiger partial charge in [-0.3, -0.25) is 0 Å². The minimum absolute atomic E-state index is 0.117. The van der Waals surface area contributed by atoms with Gasteiger partial charge in [-0.1, -0.05) is 89.0 Å². The van der Waals surface area contributed by atoms with E-state index in [0.717, 1.165) is 33.4 Å². The molecular weight excluding hydrogens is 615 g/mol. The van der Waals surface area contributed by atoms with Gasteiger partial charge in [0.25, 0.3) is 0 Å². The average molecular weight is 662 g/mol. The minimum atomic E-state index is -0.233. The van der Waals surface area contributed by atoms with Crippen LogP contribution < -0.4 is 0 Å². The highest BCUT2D eigenvalue weighted by atomic mass is 35.5. The van der Waals surface area contributed by atoms with Crippen molar-refractivity contribution in [3.05, 3.63) is 112 Å². The molecule has 46 heavy (non-hydrogen) atoms. The molecule has 0 spiro atoms. The summed E-state index contributed by atoms with van der Waals surface area (Å²) in [6, 6.07) is 8.00. The topological polar surface area (TPSA) is 80.9 Å². The predicted molar refractivity (Wildman–Crippen MR) is 190 cm³/mol. The Morgan fingerprint density at radius 1 is 0.435 bits per heavy atom. The molecule has 0 saturated carbocycles. The summed E-state index contributed by atoms with van der Waals surface area (Å²) in [6.45, 7) is 20.3. The zero-order valence-electron chi connectivity index (χ0n) is 28.7. The van der Waals surface area contributed by atoms with Gasteiger partial charge in [0.05, 0.1) is 0 Å². The van der Waals surface area contributed by atoms with Crippen LogP contribution in [0.3, 0.4) is 0 Å². The lowest BCUT2D eigenvalue weighted by molar-refractivity contribution is 0.448. The van der Waals surface area contributed by atoms with Crippen LogP contribution in [0.2, 0.25) is 10.0 Å². The van der Waals surface area contributed by atoms with E-state index in [1.165, 1.54) is 0 Å². The van der Waals surface area contributed by atoms with Crippen molar-refractivity contribution in [1.82, 2.24) is 0 Å². The Bertz CT molecular complexity index is 1660. The molecule has 0 aromatic heterocycles. The monoisotopic (exact) mass is 660 g/mol. The number of phenolic OH excluding ortho intramolecular Hbond substituents is 4. The Kier molecular flexibility index (Phi) is 8.66. The number of phenols is 4. The lowest BCUT2D eigenvalue weighted by Gasteiger charge is -2.26. The standard InChI is InChI=1S/C40H46Cl2O4/c1-19-29-15-23-11-27(39(5,6)7)13-25(35(23)43)17-31-21(3)34(42)22(4)32(38(31)46)18-26-14-28(40(8,9)10)12-24(36(26)44)16-30(37(29)45)20(2)33(19)41/h11-14,43-46H,15-18H2,1-10H3. The van der Waals surface area contributed by atoms with E-state index in [0.29, 0.717) is 54.6 Å². The van der Waals surface area contributed by atoms with Crippen LogP contribution >= 0.6 is 23.2 Å². The molecule has 4 aromatic carbocycles. The highest BCUT2D eigenvalue weighted by molar-refractivity contribution is 6.32. The molecule has 1 aliphatic carbocycles. The molecule has 4 N–H and O–H groups in total. The molecule has 5 rings (SSSR count). The summed E-state index contributed by atoms with van der Waals surface area (Å²) < 4.78 is 0. The first-order valence-corrected chi connectivity index (χ1v) is 16.7. The first-order valence-electron chi connectivity index (χ1n) is 15.9. The molecule has 0 atom stereocenters. The van der Waals surface area contributed by atoms with Gasteiger partial charge in [-0.2, -0.15) is 0 Å². The van der Waals surface area contributed by atoms with Crippen molar-refractivity contribution in [1.29, 1.82) is 0 Å². The van der Waals surface area contributed by atoms with Gasteiger partial charge in [-0.05, 0) is 94.2 Å². The zero-order chi connectivity index (χ0) is 34.2. The number of aromatic hydroxyl groups is 4. The number of hydrogen-bond donors (Lipinski definition) is 4. The van der Waals surface area contributed by atoms with E-state index in [1.807, 2.05) is 52.0 Å². The molecule has 0 amide bonds. The average Bonchev–Trinajstić information content (AvgIpc) is 2.97. The van der Waals surface area contributed by atoms with Crippen LogP contribution in [0.25, 0.3) is 0 Å². The largest absolute Gasteiger partial charge is 0.507 e. The molecule has 244 valence electrons. The third kappa shape index (κ3) is 5.84. The SMILES string of the molecule is Cc1c(Cl)c(C)c2c(O)c1Cc1cc(C(C)(C)C)cc(c1O)Cc1c(C)c(Cl)c(C)c(c1O)Cc1cc(C(C)(C)C)cc(c1O)C2. The molecule has 0 fully saturated rings. The quantitative estimate of drug-likeness (QED) is 0.133. The fourth-order valence-electron chi connectivity index (χ4n) is 6.72. The second kappa shape index (κ2) is 11.7. The fourth-order valence-corrected chi connectivity index (χ4v) is 7.18. The summed E-state index contributed by atoms with van der Waals surface area (Å²) in [5.74, 6) is 0.479. The van der Waals surface area contributed by atoms with E-state index in [1.54, 1.807) is 0 Å². The lowest BCUT2D eigenvalue weighted by atomic mass is 9.80. The van der Waals surface area contributed by atoms with Gasteiger partial charge in [-0.25, -0.2) is 0 Å². The van der Waals surface area contributed by atoms with Crippen LogP contribution in [0.1, 0.15) is 119 Å². The second-order valence-electron chi connectivity index (χ2n) is 15.2. The normalized spacial score (nSPS) is 13.7. The number of rotatable bonds is 0. The molecule has 4 nitrogen and oxygen atoms in total. The smallest absolute Gasteiger partial charge is 0.123 e. The summed E-state index contributed by atoms with van der Waals surface area (Å²) in [5.41, 5.74) is 9.77. The van der Waals surface area contributed by atoms with Crippen molar-refractivity contribution >= 4 is 23.2 Å². The van der Waals surface area contributed by atoms with Crippen molar-refractivity contribution in [2.75, 3.05) is 0 Å². The summed E-state index contributed by atoms with van der Waals surface area (Å²) in [7, 11) is 0. The van der Waals surface area contributed by atoms with E-state index < -0.39 is 0 Å². The summed E-state index contributed by atoms with van der Waals surface area (Å²) in [6.07, 6.45) is 0.990. The van der Waals surface area contributed by atoms with Crippen LogP contribution in [-0.4, -0.2) is 20.4 Å². The van der Waals surface area contributed by atoms with Gasteiger partial charge in [0.2, 0.25) is 0 Å². The number of hydrogen-bond acceptors (Lipinski definition) is 4. The number of halogens is 2. The maximum Gasteiger partial charge on any atom is 0.123 e. The minimum Gasteiger partial charge on any atom is -0.507 e. The molecular formula is C40H46Cl2O4. The van der Waals surface area contributed by atoms with Crippen LogP contribution in [-0.2, 0) is 36.5 Å². The Morgan fingerprint density at radius 3 is 0.848 bits per heavy atom. The van der Waals surface area contributed by atoms with Gasteiger partial charge in [0.15, 0.2) is 0 Å². The predicted octanol–water partition coefficient (Wildman–Crippen LogP) is 10.3. The molecule has 8 bridgehead atoms. The van der Waals surface area contributed by atoms with E-state index in [4.69, 9.17) is 23.2 Å². The highest BCUT2D eigenvalue weighted by Gasteiger charge is 2.28. The van der Waals surface area contributed by atoms with Crippen molar-refractivity contribution < 1.29 is 20.4 Å². The molecule has 0 heterocycles. The van der Waals surface area contributed by atoms with Crippen LogP contribution in [0.5, 0.6) is 23.0 Å². The van der Waals surface area contributed by atoms with Crippen molar-refractivity contribution in [2.45, 2.75) is 106 Å². The Hall–Kier alpha value is -3.34. The van der Waals surface area contributed by atoms with Gasteiger partial charge in [0, 0.05) is 58.0 Å². The number of fused-ring (bicyclic) bond motifs is 8. The zero-order valence-corrected chi connectivity index (χ0v) is 30.2. The maximum atomic E-state index is 11.9. The summed E-state index contributed by atoms with van der Waals surface area (Å²) in [5, 5.41) is 48.6. The van der Waals surface area contributed by atoms with Crippen LogP contribution in [0, 0.1) is 27.7 Å². The van der Waals surface area contributed by atoms with E-state index >= 15 is 0 Å². The van der Waals surface area contributed by atoms with E-state index in [2.05, 4.69) is 41.5 Å². The summed E-state index contributed by atoms with van der Waals surface area (Å²) >= 11 is 13.9. The van der Waals surface area contributed by atoms with Crippen molar-refractivity contribution in [3.8, 4) is 23.0 Å². The van der Waals surface area contributed by atoms with Gasteiger partial charge in [0.1, 0.15) is 23.0 Å². The first kappa shape index (κ1) is 34.0.